The molecule has 1 aliphatic heterocycles. The van der Waals surface area contributed by atoms with Gasteiger partial charge in [-0.1, -0.05) is 26.0 Å². The van der Waals surface area contributed by atoms with Gasteiger partial charge in [-0.15, -0.1) is 11.3 Å². The third-order valence-corrected chi connectivity index (χ3v) is 2.94. The van der Waals surface area contributed by atoms with Crippen molar-refractivity contribution in [2.75, 3.05) is 0 Å². The summed E-state index contributed by atoms with van der Waals surface area (Å²) in [7, 11) is 0. The minimum Gasteiger partial charge on any atom is -0.259 e. The van der Waals surface area contributed by atoms with Crippen molar-refractivity contribution in [3.8, 4) is 0 Å². The van der Waals surface area contributed by atoms with E-state index in [0.29, 0.717) is 0 Å². The highest BCUT2D eigenvalue weighted by Crippen LogP contribution is 2.30. The van der Waals surface area contributed by atoms with Crippen LogP contribution in [-0.2, 0) is 0 Å². The molecule has 0 aliphatic carbocycles. The second-order valence-electron chi connectivity index (χ2n) is 3.49. The lowest BCUT2D eigenvalue weighted by Gasteiger charge is -2.16. The van der Waals surface area contributed by atoms with Crippen LogP contribution in [-0.4, -0.2) is 5.71 Å². The Balaban J connectivity index is 2.40. The zero-order chi connectivity index (χ0) is 8.60. The molecule has 2 rings (SSSR count). The van der Waals surface area contributed by atoms with Crippen molar-refractivity contribution in [2.24, 2.45) is 10.4 Å². The van der Waals surface area contributed by atoms with E-state index in [9.17, 15) is 0 Å². The second kappa shape index (κ2) is 2.56. The summed E-state index contributed by atoms with van der Waals surface area (Å²) >= 11 is 1.75. The molecule has 0 saturated carbocycles. The number of aliphatic imine (C=N–C) groups is 1. The predicted molar refractivity (Wildman–Crippen MR) is 53.8 cm³/mol. The molecular formula is C10H11NS. The molecule has 0 spiro atoms. The molecule has 0 aromatic carbocycles. The fourth-order valence-electron chi connectivity index (χ4n) is 1.34. The number of hydrogen-bond donors (Lipinski definition) is 0. The van der Waals surface area contributed by atoms with E-state index in [2.05, 4.69) is 42.4 Å². The van der Waals surface area contributed by atoms with E-state index in [1.807, 2.05) is 6.20 Å². The van der Waals surface area contributed by atoms with Gasteiger partial charge in [0.15, 0.2) is 0 Å². The Morgan fingerprint density at radius 1 is 1.42 bits per heavy atom. The molecule has 0 bridgehead atoms. The van der Waals surface area contributed by atoms with Crippen molar-refractivity contribution in [1.82, 2.24) is 0 Å². The first-order chi connectivity index (χ1) is 5.70. The first kappa shape index (κ1) is 7.74. The largest absolute Gasteiger partial charge is 0.259 e. The van der Waals surface area contributed by atoms with Crippen LogP contribution in [0.5, 0.6) is 0 Å². The Hall–Kier alpha value is -0.890. The summed E-state index contributed by atoms with van der Waals surface area (Å²) in [5.74, 6) is 0. The van der Waals surface area contributed by atoms with Crippen molar-refractivity contribution in [1.29, 1.82) is 0 Å². The molecule has 0 amide bonds. The molecule has 0 N–H and O–H groups in total. The lowest BCUT2D eigenvalue weighted by molar-refractivity contribution is 0.691. The standard InChI is InChI=1S/C10H11NS/c1-10(2)5-6-11-9(10)8-4-3-7-12-8/h3-7H,1-2H3. The van der Waals surface area contributed by atoms with E-state index in [0.717, 1.165) is 0 Å². The maximum Gasteiger partial charge on any atom is 0.0669 e. The van der Waals surface area contributed by atoms with Crippen molar-refractivity contribution < 1.29 is 0 Å². The third kappa shape index (κ3) is 1.12. The first-order valence-corrected chi connectivity index (χ1v) is 4.88. The summed E-state index contributed by atoms with van der Waals surface area (Å²) < 4.78 is 0. The van der Waals surface area contributed by atoms with Crippen molar-refractivity contribution >= 4 is 17.0 Å². The molecule has 62 valence electrons. The predicted octanol–water partition coefficient (Wildman–Crippen LogP) is 3.09. The van der Waals surface area contributed by atoms with Crippen LogP contribution in [0.1, 0.15) is 18.7 Å². The van der Waals surface area contributed by atoms with Gasteiger partial charge in [-0.2, -0.15) is 0 Å². The molecular weight excluding hydrogens is 166 g/mol. The molecule has 2 heterocycles. The SMILES string of the molecule is CC1(C)C=CN=C1c1cccs1. The summed E-state index contributed by atoms with van der Waals surface area (Å²) in [5.41, 5.74) is 1.31. The normalized spacial score (nSPS) is 19.7. The lowest BCUT2D eigenvalue weighted by Crippen LogP contribution is -2.18. The summed E-state index contributed by atoms with van der Waals surface area (Å²) in [6.45, 7) is 4.38. The van der Waals surface area contributed by atoms with Gasteiger partial charge >= 0.3 is 0 Å². The Morgan fingerprint density at radius 3 is 2.75 bits per heavy atom. The molecule has 0 fully saturated rings. The zero-order valence-electron chi connectivity index (χ0n) is 7.24. The summed E-state index contributed by atoms with van der Waals surface area (Å²) in [5, 5.41) is 2.09. The van der Waals surface area contributed by atoms with Gasteiger partial charge in [-0.25, -0.2) is 0 Å². The van der Waals surface area contributed by atoms with Gasteiger partial charge in [0.1, 0.15) is 0 Å². The van der Waals surface area contributed by atoms with Crippen molar-refractivity contribution in [3.05, 3.63) is 34.7 Å². The maximum absolute atomic E-state index is 4.38. The average molecular weight is 177 g/mol. The molecule has 1 aliphatic rings. The summed E-state index contributed by atoms with van der Waals surface area (Å²) in [4.78, 5) is 5.66. The monoisotopic (exact) mass is 177 g/mol. The molecule has 1 aromatic heterocycles. The van der Waals surface area contributed by atoms with Gasteiger partial charge < -0.3 is 0 Å². The number of rotatable bonds is 1. The Kier molecular flexibility index (Phi) is 1.65. The second-order valence-corrected chi connectivity index (χ2v) is 4.44. The fourth-order valence-corrected chi connectivity index (χ4v) is 2.23. The molecule has 1 nitrogen and oxygen atoms in total. The van der Waals surface area contributed by atoms with Crippen LogP contribution < -0.4 is 0 Å². The van der Waals surface area contributed by atoms with Gasteiger partial charge in [-0.05, 0) is 11.4 Å². The van der Waals surface area contributed by atoms with E-state index in [1.54, 1.807) is 11.3 Å². The van der Waals surface area contributed by atoms with Gasteiger partial charge in [-0.3, -0.25) is 4.99 Å². The van der Waals surface area contributed by atoms with E-state index >= 15 is 0 Å². The Morgan fingerprint density at radius 2 is 2.25 bits per heavy atom. The topological polar surface area (TPSA) is 12.4 Å². The molecule has 0 radical (unpaired) electrons. The van der Waals surface area contributed by atoms with Gasteiger partial charge in [0, 0.05) is 16.5 Å². The van der Waals surface area contributed by atoms with Gasteiger partial charge in [0.05, 0.1) is 5.71 Å². The molecule has 2 heteroatoms. The highest BCUT2D eigenvalue weighted by atomic mass is 32.1. The van der Waals surface area contributed by atoms with Crippen LogP contribution in [0.2, 0.25) is 0 Å². The summed E-state index contributed by atoms with van der Waals surface area (Å²) in [6.07, 6.45) is 4.04. The van der Waals surface area contributed by atoms with Gasteiger partial charge in [0.2, 0.25) is 0 Å². The van der Waals surface area contributed by atoms with E-state index in [1.165, 1.54) is 10.6 Å². The van der Waals surface area contributed by atoms with Crippen LogP contribution in [0.25, 0.3) is 0 Å². The van der Waals surface area contributed by atoms with Crippen LogP contribution in [0.15, 0.2) is 34.8 Å². The molecule has 0 saturated heterocycles. The number of nitrogens with zero attached hydrogens (tertiary/aromatic N) is 1. The minimum atomic E-state index is 0.116. The van der Waals surface area contributed by atoms with E-state index in [-0.39, 0.29) is 5.41 Å². The van der Waals surface area contributed by atoms with Gasteiger partial charge in [0.25, 0.3) is 0 Å². The quantitative estimate of drug-likeness (QED) is 0.625. The minimum absolute atomic E-state index is 0.116. The first-order valence-electron chi connectivity index (χ1n) is 4.00. The highest BCUT2D eigenvalue weighted by molar-refractivity contribution is 7.12. The molecule has 12 heavy (non-hydrogen) atoms. The van der Waals surface area contributed by atoms with Crippen LogP contribution in [0, 0.1) is 5.41 Å². The molecule has 0 unspecified atom stereocenters. The third-order valence-electron chi connectivity index (χ3n) is 2.06. The van der Waals surface area contributed by atoms with Crippen molar-refractivity contribution in [3.63, 3.8) is 0 Å². The maximum atomic E-state index is 4.38. The number of hydrogen-bond acceptors (Lipinski definition) is 2. The smallest absolute Gasteiger partial charge is 0.0669 e. The molecule has 1 aromatic rings. The van der Waals surface area contributed by atoms with Crippen molar-refractivity contribution in [2.45, 2.75) is 13.8 Å². The molecule has 0 atom stereocenters. The van der Waals surface area contributed by atoms with E-state index in [4.69, 9.17) is 0 Å². The lowest BCUT2D eigenvalue weighted by atomic mass is 9.88. The van der Waals surface area contributed by atoms with Crippen LogP contribution in [0.4, 0.5) is 0 Å². The Labute approximate surface area is 76.5 Å². The Bertz CT molecular complexity index is 331. The fraction of sp³-hybridized carbons (Fsp3) is 0.300. The van der Waals surface area contributed by atoms with Crippen LogP contribution in [0.3, 0.4) is 0 Å². The van der Waals surface area contributed by atoms with E-state index < -0.39 is 0 Å². The zero-order valence-corrected chi connectivity index (χ0v) is 8.06. The summed E-state index contributed by atoms with van der Waals surface area (Å²) in [6, 6.07) is 4.19. The highest BCUT2D eigenvalue weighted by Gasteiger charge is 2.26. The number of thiophene rings is 1. The van der Waals surface area contributed by atoms with Crippen LogP contribution >= 0.6 is 11.3 Å². The average Bonchev–Trinajstić information content (AvgIpc) is 2.55. The number of allylic oxidation sites excluding steroid dienone is 1.